The quantitative estimate of drug-likeness (QED) is 0.797. The van der Waals surface area contributed by atoms with Crippen LogP contribution in [0.1, 0.15) is 0 Å². The van der Waals surface area contributed by atoms with Crippen molar-refractivity contribution in [3.8, 4) is 22.6 Å². The molecule has 0 heterocycles. The van der Waals surface area contributed by atoms with Crippen molar-refractivity contribution >= 4 is 16.7 Å². The second kappa shape index (κ2) is 6.62. The van der Waals surface area contributed by atoms with Crippen LogP contribution in [-0.2, 0) is 4.79 Å². The molecule has 122 valence electrons. The highest BCUT2D eigenvalue weighted by atomic mass is 16.5. The van der Waals surface area contributed by atoms with E-state index in [0.29, 0.717) is 5.75 Å². The van der Waals surface area contributed by atoms with Gasteiger partial charge in [-0.3, -0.25) is 4.79 Å². The summed E-state index contributed by atoms with van der Waals surface area (Å²) in [7, 11) is 3.40. The SMILES string of the molecule is CN(C)C(=O)COc1ccc2ccc(-c3cccc(O)c3)cc2c1. The van der Waals surface area contributed by atoms with Gasteiger partial charge in [-0.15, -0.1) is 0 Å². The number of benzene rings is 3. The van der Waals surface area contributed by atoms with E-state index >= 15 is 0 Å². The van der Waals surface area contributed by atoms with E-state index in [1.165, 1.54) is 4.90 Å². The van der Waals surface area contributed by atoms with Crippen LogP contribution in [-0.4, -0.2) is 36.6 Å². The van der Waals surface area contributed by atoms with Crippen molar-refractivity contribution in [3.63, 3.8) is 0 Å². The summed E-state index contributed by atoms with van der Waals surface area (Å²) in [6, 6.07) is 19.0. The first-order chi connectivity index (χ1) is 11.5. The maximum absolute atomic E-state index is 11.6. The third-order valence-electron chi connectivity index (χ3n) is 3.85. The molecule has 0 aromatic heterocycles. The Hall–Kier alpha value is -3.01. The molecule has 0 radical (unpaired) electrons. The summed E-state index contributed by atoms with van der Waals surface area (Å²) < 4.78 is 5.57. The fraction of sp³-hybridized carbons (Fsp3) is 0.150. The normalized spacial score (nSPS) is 10.6. The number of carbonyl (C=O) groups is 1. The number of carbonyl (C=O) groups excluding carboxylic acids is 1. The van der Waals surface area contributed by atoms with E-state index in [9.17, 15) is 9.90 Å². The van der Waals surface area contributed by atoms with Crippen LogP contribution in [0.5, 0.6) is 11.5 Å². The monoisotopic (exact) mass is 321 g/mol. The van der Waals surface area contributed by atoms with Gasteiger partial charge in [0.1, 0.15) is 11.5 Å². The molecule has 0 atom stereocenters. The maximum Gasteiger partial charge on any atom is 0.259 e. The summed E-state index contributed by atoms with van der Waals surface area (Å²) in [4.78, 5) is 13.1. The fourth-order valence-corrected chi connectivity index (χ4v) is 2.45. The standard InChI is InChI=1S/C20H19NO3/c1-21(2)20(23)13-24-19-9-8-14-6-7-16(10-17(14)12-19)15-4-3-5-18(22)11-15/h3-12,22H,13H2,1-2H3. The van der Waals surface area contributed by atoms with Gasteiger partial charge in [0.15, 0.2) is 6.61 Å². The van der Waals surface area contributed by atoms with Gasteiger partial charge >= 0.3 is 0 Å². The molecule has 0 aliphatic carbocycles. The minimum atomic E-state index is -0.0800. The van der Waals surface area contributed by atoms with E-state index in [1.54, 1.807) is 26.2 Å². The van der Waals surface area contributed by atoms with Crippen molar-refractivity contribution in [3.05, 3.63) is 60.7 Å². The van der Waals surface area contributed by atoms with E-state index in [1.807, 2.05) is 48.5 Å². The van der Waals surface area contributed by atoms with Crippen molar-refractivity contribution in [2.75, 3.05) is 20.7 Å². The van der Waals surface area contributed by atoms with Crippen LogP contribution in [0.3, 0.4) is 0 Å². The van der Waals surface area contributed by atoms with E-state index in [0.717, 1.165) is 21.9 Å². The molecule has 0 saturated heterocycles. The van der Waals surface area contributed by atoms with Gasteiger partial charge in [-0.05, 0) is 52.2 Å². The van der Waals surface area contributed by atoms with E-state index in [4.69, 9.17) is 4.74 Å². The lowest BCUT2D eigenvalue weighted by Gasteiger charge is -2.12. The molecule has 4 heteroatoms. The summed E-state index contributed by atoms with van der Waals surface area (Å²) in [5.74, 6) is 0.821. The second-order valence-electron chi connectivity index (χ2n) is 5.85. The third-order valence-corrected chi connectivity index (χ3v) is 3.85. The number of amides is 1. The third kappa shape index (κ3) is 3.49. The van der Waals surface area contributed by atoms with Gasteiger partial charge in [-0.25, -0.2) is 0 Å². The lowest BCUT2D eigenvalue weighted by atomic mass is 10.0. The van der Waals surface area contributed by atoms with Crippen molar-refractivity contribution in [1.29, 1.82) is 0 Å². The van der Waals surface area contributed by atoms with Crippen molar-refractivity contribution in [2.45, 2.75) is 0 Å². The molecule has 3 rings (SSSR count). The predicted molar refractivity (Wildman–Crippen MR) is 95.2 cm³/mol. The Bertz CT molecular complexity index is 887. The molecule has 3 aromatic carbocycles. The smallest absolute Gasteiger partial charge is 0.259 e. The van der Waals surface area contributed by atoms with Crippen LogP contribution >= 0.6 is 0 Å². The molecule has 24 heavy (non-hydrogen) atoms. The fourth-order valence-electron chi connectivity index (χ4n) is 2.45. The van der Waals surface area contributed by atoms with E-state index in [-0.39, 0.29) is 18.3 Å². The molecule has 0 fully saturated rings. The first kappa shape index (κ1) is 15.9. The molecule has 0 saturated carbocycles. The molecule has 0 aliphatic rings. The molecule has 0 aliphatic heterocycles. The highest BCUT2D eigenvalue weighted by Gasteiger charge is 2.06. The Kier molecular flexibility index (Phi) is 4.38. The topological polar surface area (TPSA) is 49.8 Å². The Labute approximate surface area is 140 Å². The number of ether oxygens (including phenoxy) is 1. The van der Waals surface area contributed by atoms with Crippen LogP contribution in [0, 0.1) is 0 Å². The molecule has 0 unspecified atom stereocenters. The van der Waals surface area contributed by atoms with Gasteiger partial charge < -0.3 is 14.7 Å². The number of likely N-dealkylation sites (N-methyl/N-ethyl adjacent to an activating group) is 1. The average molecular weight is 321 g/mol. The summed E-state index contributed by atoms with van der Waals surface area (Å²) in [6.07, 6.45) is 0. The van der Waals surface area contributed by atoms with Gasteiger partial charge in [-0.1, -0.05) is 30.3 Å². The number of hydrogen-bond acceptors (Lipinski definition) is 3. The maximum atomic E-state index is 11.6. The number of aromatic hydroxyl groups is 1. The summed E-state index contributed by atoms with van der Waals surface area (Å²) in [5.41, 5.74) is 1.96. The molecule has 4 nitrogen and oxygen atoms in total. The van der Waals surface area contributed by atoms with Crippen molar-refractivity contribution in [2.24, 2.45) is 0 Å². The zero-order valence-corrected chi connectivity index (χ0v) is 13.7. The van der Waals surface area contributed by atoms with Gasteiger partial charge in [0, 0.05) is 14.1 Å². The van der Waals surface area contributed by atoms with Gasteiger partial charge in [0.25, 0.3) is 5.91 Å². The lowest BCUT2D eigenvalue weighted by molar-refractivity contribution is -0.130. The number of hydrogen-bond donors (Lipinski definition) is 1. The first-order valence-corrected chi connectivity index (χ1v) is 7.69. The minimum Gasteiger partial charge on any atom is -0.508 e. The molecule has 0 spiro atoms. The van der Waals surface area contributed by atoms with E-state index < -0.39 is 0 Å². The van der Waals surface area contributed by atoms with Crippen LogP contribution in [0.4, 0.5) is 0 Å². The highest BCUT2D eigenvalue weighted by molar-refractivity contribution is 5.88. The summed E-state index contributed by atoms with van der Waals surface area (Å²) >= 11 is 0. The number of rotatable bonds is 4. The van der Waals surface area contributed by atoms with Crippen LogP contribution in [0.2, 0.25) is 0 Å². The summed E-state index contributed by atoms with van der Waals surface area (Å²) in [5, 5.41) is 11.7. The molecular formula is C20H19NO3. The number of fused-ring (bicyclic) bond motifs is 1. The average Bonchev–Trinajstić information content (AvgIpc) is 2.58. The Balaban J connectivity index is 1.89. The predicted octanol–water partition coefficient (Wildman–Crippen LogP) is 3.68. The zero-order valence-electron chi connectivity index (χ0n) is 13.7. The van der Waals surface area contributed by atoms with Crippen LogP contribution < -0.4 is 4.74 Å². The van der Waals surface area contributed by atoms with E-state index in [2.05, 4.69) is 0 Å². The number of phenols is 1. The van der Waals surface area contributed by atoms with Gasteiger partial charge in [0.05, 0.1) is 0 Å². The van der Waals surface area contributed by atoms with Gasteiger partial charge in [0.2, 0.25) is 0 Å². The molecule has 0 bridgehead atoms. The molecule has 3 aromatic rings. The Morgan fingerprint density at radius 1 is 0.958 bits per heavy atom. The highest BCUT2D eigenvalue weighted by Crippen LogP contribution is 2.28. The molecule has 1 N–H and O–H groups in total. The largest absolute Gasteiger partial charge is 0.508 e. The van der Waals surface area contributed by atoms with Gasteiger partial charge in [-0.2, -0.15) is 0 Å². The summed E-state index contributed by atoms with van der Waals surface area (Å²) in [6.45, 7) is 0.0186. The Morgan fingerprint density at radius 3 is 2.46 bits per heavy atom. The zero-order chi connectivity index (χ0) is 17.1. The molecule has 1 amide bonds. The van der Waals surface area contributed by atoms with Crippen LogP contribution in [0.25, 0.3) is 21.9 Å². The van der Waals surface area contributed by atoms with Crippen molar-refractivity contribution < 1.29 is 14.6 Å². The first-order valence-electron chi connectivity index (χ1n) is 7.69. The second-order valence-corrected chi connectivity index (χ2v) is 5.85. The van der Waals surface area contributed by atoms with Crippen LogP contribution in [0.15, 0.2) is 60.7 Å². The number of nitrogens with zero attached hydrogens (tertiary/aromatic N) is 1. The minimum absolute atomic E-state index is 0.0186. The molecular weight excluding hydrogens is 302 g/mol. The Morgan fingerprint density at radius 2 is 1.71 bits per heavy atom. The lowest BCUT2D eigenvalue weighted by Crippen LogP contribution is -2.27. The number of phenolic OH excluding ortho intramolecular Hbond substituents is 1. The van der Waals surface area contributed by atoms with Crippen molar-refractivity contribution in [1.82, 2.24) is 4.90 Å².